The van der Waals surface area contributed by atoms with Crippen molar-refractivity contribution in [1.82, 2.24) is 10.3 Å². The number of nitrogens with zero attached hydrogens (tertiary/aromatic N) is 1. The molecule has 1 rings (SSSR count). The summed E-state index contributed by atoms with van der Waals surface area (Å²) in [6.07, 6.45) is 1.59. The SMILES string of the molecule is CCOC(=O)COc1ccc(CNCCOC)nc1. The third kappa shape index (κ3) is 6.73. The van der Waals surface area contributed by atoms with E-state index in [0.717, 1.165) is 12.2 Å². The summed E-state index contributed by atoms with van der Waals surface area (Å²) >= 11 is 0. The van der Waals surface area contributed by atoms with Gasteiger partial charge in [-0.1, -0.05) is 0 Å². The van der Waals surface area contributed by atoms with Crippen molar-refractivity contribution in [1.29, 1.82) is 0 Å². The van der Waals surface area contributed by atoms with Crippen LogP contribution in [0.25, 0.3) is 0 Å². The molecule has 0 saturated carbocycles. The van der Waals surface area contributed by atoms with Crippen LogP contribution in [0.5, 0.6) is 5.75 Å². The number of hydrogen-bond donors (Lipinski definition) is 1. The Labute approximate surface area is 113 Å². The van der Waals surface area contributed by atoms with E-state index in [9.17, 15) is 4.79 Å². The number of aromatic nitrogens is 1. The number of pyridine rings is 1. The number of carbonyl (C=O) groups excluding carboxylic acids is 1. The van der Waals surface area contributed by atoms with E-state index >= 15 is 0 Å². The second-order valence-corrected chi connectivity index (χ2v) is 3.75. The third-order valence-electron chi connectivity index (χ3n) is 2.25. The molecule has 0 fully saturated rings. The largest absolute Gasteiger partial charge is 0.480 e. The fourth-order valence-corrected chi connectivity index (χ4v) is 1.34. The zero-order valence-electron chi connectivity index (χ0n) is 11.3. The number of ether oxygens (including phenoxy) is 3. The van der Waals surface area contributed by atoms with Gasteiger partial charge in [-0.2, -0.15) is 0 Å². The molecule has 0 aliphatic rings. The molecule has 0 saturated heterocycles. The molecule has 0 aliphatic carbocycles. The molecule has 0 radical (unpaired) electrons. The van der Waals surface area contributed by atoms with Crippen LogP contribution in [0.4, 0.5) is 0 Å². The maximum atomic E-state index is 11.1. The van der Waals surface area contributed by atoms with Crippen LogP contribution < -0.4 is 10.1 Å². The second-order valence-electron chi connectivity index (χ2n) is 3.75. The number of methoxy groups -OCH3 is 1. The maximum absolute atomic E-state index is 11.1. The van der Waals surface area contributed by atoms with E-state index in [-0.39, 0.29) is 12.6 Å². The van der Waals surface area contributed by atoms with Crippen LogP contribution in [0.2, 0.25) is 0 Å². The van der Waals surface area contributed by atoms with Gasteiger partial charge >= 0.3 is 5.97 Å². The summed E-state index contributed by atoms with van der Waals surface area (Å²) in [5.74, 6) is 0.168. The van der Waals surface area contributed by atoms with E-state index in [4.69, 9.17) is 14.2 Å². The van der Waals surface area contributed by atoms with Crippen molar-refractivity contribution in [2.45, 2.75) is 13.5 Å². The van der Waals surface area contributed by atoms with Gasteiger partial charge < -0.3 is 19.5 Å². The van der Waals surface area contributed by atoms with Gasteiger partial charge in [0, 0.05) is 20.2 Å². The van der Waals surface area contributed by atoms with Crippen molar-refractivity contribution < 1.29 is 19.0 Å². The van der Waals surface area contributed by atoms with Crippen molar-refractivity contribution in [2.24, 2.45) is 0 Å². The number of esters is 1. The Hall–Kier alpha value is -1.66. The zero-order valence-corrected chi connectivity index (χ0v) is 11.3. The molecule has 1 aromatic heterocycles. The van der Waals surface area contributed by atoms with Crippen LogP contribution in [0.1, 0.15) is 12.6 Å². The topological polar surface area (TPSA) is 69.7 Å². The van der Waals surface area contributed by atoms with Crippen LogP contribution in [0, 0.1) is 0 Å². The summed E-state index contributed by atoms with van der Waals surface area (Å²) in [5, 5.41) is 3.19. The minimum atomic E-state index is -0.382. The molecule has 0 aliphatic heterocycles. The molecule has 106 valence electrons. The summed E-state index contributed by atoms with van der Waals surface area (Å²) < 4.78 is 14.9. The van der Waals surface area contributed by atoms with Crippen molar-refractivity contribution in [2.75, 3.05) is 33.5 Å². The standard InChI is InChI=1S/C13H20N2O4/c1-3-18-13(16)10-19-12-5-4-11(15-9-12)8-14-6-7-17-2/h4-5,9,14H,3,6-8,10H2,1-2H3. The number of rotatable bonds is 9. The lowest BCUT2D eigenvalue weighted by molar-refractivity contribution is -0.145. The molecule has 0 amide bonds. The molecule has 0 bridgehead atoms. The molecule has 1 heterocycles. The Balaban J connectivity index is 2.29. The van der Waals surface area contributed by atoms with E-state index in [2.05, 4.69) is 10.3 Å². The molecule has 0 spiro atoms. The minimum absolute atomic E-state index is 0.0963. The molecular formula is C13H20N2O4. The highest BCUT2D eigenvalue weighted by molar-refractivity contribution is 5.71. The van der Waals surface area contributed by atoms with Gasteiger partial charge in [0.05, 0.1) is 25.1 Å². The number of carbonyl (C=O) groups is 1. The highest BCUT2D eigenvalue weighted by Gasteiger charge is 2.03. The van der Waals surface area contributed by atoms with E-state index in [1.54, 1.807) is 26.3 Å². The van der Waals surface area contributed by atoms with Crippen molar-refractivity contribution in [3.63, 3.8) is 0 Å². The quantitative estimate of drug-likeness (QED) is 0.527. The lowest BCUT2D eigenvalue weighted by Gasteiger charge is -2.07. The van der Waals surface area contributed by atoms with E-state index in [0.29, 0.717) is 25.5 Å². The van der Waals surface area contributed by atoms with Crippen molar-refractivity contribution in [3.05, 3.63) is 24.0 Å². The van der Waals surface area contributed by atoms with Gasteiger partial charge in [-0.25, -0.2) is 4.79 Å². The predicted octanol–water partition coefficient (Wildman–Crippen LogP) is 0.759. The number of nitrogens with one attached hydrogen (secondary N) is 1. The van der Waals surface area contributed by atoms with Crippen molar-refractivity contribution >= 4 is 5.97 Å². The monoisotopic (exact) mass is 268 g/mol. The first-order chi connectivity index (χ1) is 9.26. The van der Waals surface area contributed by atoms with E-state index < -0.39 is 0 Å². The number of hydrogen-bond acceptors (Lipinski definition) is 6. The minimum Gasteiger partial charge on any atom is -0.480 e. The maximum Gasteiger partial charge on any atom is 0.344 e. The average molecular weight is 268 g/mol. The van der Waals surface area contributed by atoms with Crippen LogP contribution in [0.15, 0.2) is 18.3 Å². The summed E-state index contributed by atoms with van der Waals surface area (Å²) in [6, 6.07) is 3.62. The summed E-state index contributed by atoms with van der Waals surface area (Å²) in [7, 11) is 1.66. The molecule has 0 aromatic carbocycles. The Morgan fingerprint density at radius 3 is 2.89 bits per heavy atom. The lowest BCUT2D eigenvalue weighted by Crippen LogP contribution is -2.19. The molecule has 6 heteroatoms. The van der Waals surface area contributed by atoms with Gasteiger partial charge in [0.1, 0.15) is 5.75 Å². The van der Waals surface area contributed by atoms with Crippen LogP contribution in [0.3, 0.4) is 0 Å². The fraction of sp³-hybridized carbons (Fsp3) is 0.538. The van der Waals surface area contributed by atoms with Gasteiger partial charge in [0.2, 0.25) is 0 Å². The zero-order chi connectivity index (χ0) is 13.9. The van der Waals surface area contributed by atoms with Gasteiger partial charge in [-0.15, -0.1) is 0 Å². The van der Waals surface area contributed by atoms with Gasteiger partial charge in [0.15, 0.2) is 6.61 Å². The Kier molecular flexibility index (Phi) is 7.53. The fourth-order valence-electron chi connectivity index (χ4n) is 1.34. The second kappa shape index (κ2) is 9.29. The Morgan fingerprint density at radius 1 is 1.42 bits per heavy atom. The third-order valence-corrected chi connectivity index (χ3v) is 2.25. The normalized spacial score (nSPS) is 10.2. The first kappa shape index (κ1) is 15.4. The first-order valence-electron chi connectivity index (χ1n) is 6.19. The highest BCUT2D eigenvalue weighted by atomic mass is 16.6. The summed E-state index contributed by atoms with van der Waals surface area (Å²) in [4.78, 5) is 15.3. The van der Waals surface area contributed by atoms with Crippen molar-refractivity contribution in [3.8, 4) is 5.75 Å². The first-order valence-corrected chi connectivity index (χ1v) is 6.19. The summed E-state index contributed by atoms with van der Waals surface area (Å²) in [6.45, 7) is 4.12. The predicted molar refractivity (Wildman–Crippen MR) is 69.9 cm³/mol. The Morgan fingerprint density at radius 2 is 2.26 bits per heavy atom. The smallest absolute Gasteiger partial charge is 0.344 e. The van der Waals surface area contributed by atoms with E-state index in [1.165, 1.54) is 0 Å². The molecule has 1 N–H and O–H groups in total. The van der Waals surface area contributed by atoms with E-state index in [1.807, 2.05) is 6.07 Å². The highest BCUT2D eigenvalue weighted by Crippen LogP contribution is 2.08. The van der Waals surface area contributed by atoms with Crippen LogP contribution >= 0.6 is 0 Å². The van der Waals surface area contributed by atoms with Gasteiger partial charge in [-0.05, 0) is 19.1 Å². The van der Waals surface area contributed by atoms with Gasteiger partial charge in [0.25, 0.3) is 0 Å². The molecule has 1 aromatic rings. The molecule has 19 heavy (non-hydrogen) atoms. The van der Waals surface area contributed by atoms with Crippen LogP contribution in [-0.2, 0) is 20.8 Å². The summed E-state index contributed by atoms with van der Waals surface area (Å²) in [5.41, 5.74) is 0.902. The molecular weight excluding hydrogens is 248 g/mol. The Bertz CT molecular complexity index is 367. The van der Waals surface area contributed by atoms with Gasteiger partial charge in [-0.3, -0.25) is 4.98 Å². The molecule has 0 atom stereocenters. The molecule has 0 unspecified atom stereocenters. The van der Waals surface area contributed by atoms with Crippen LogP contribution in [-0.4, -0.2) is 44.4 Å². The average Bonchev–Trinajstić information content (AvgIpc) is 2.43. The lowest BCUT2D eigenvalue weighted by atomic mass is 10.3. The molecule has 6 nitrogen and oxygen atoms in total.